The van der Waals surface area contributed by atoms with Gasteiger partial charge in [0.25, 0.3) is 0 Å². The van der Waals surface area contributed by atoms with Gasteiger partial charge in [-0.25, -0.2) is 0 Å². The molecular formula is C20H31NOS. The minimum absolute atomic E-state index is 0.147. The molecule has 0 spiro atoms. The van der Waals surface area contributed by atoms with Crippen LogP contribution in [0.5, 0.6) is 0 Å². The lowest BCUT2D eigenvalue weighted by molar-refractivity contribution is 0.0123. The molecule has 0 atom stereocenters. The monoisotopic (exact) mass is 333 g/mol. The molecule has 1 aromatic carbocycles. The van der Waals surface area contributed by atoms with E-state index < -0.39 is 0 Å². The second-order valence-electron chi connectivity index (χ2n) is 9.22. The summed E-state index contributed by atoms with van der Waals surface area (Å²) in [5.41, 5.74) is 4.37. The Kier molecular flexibility index (Phi) is 4.92. The van der Waals surface area contributed by atoms with Crippen LogP contribution in [0.15, 0.2) is 23.4 Å². The standard InChI is InChI=1S/C20H31NOS/c1-18(2,3)15-9-14(10-16(11-15)19(4,5)6)13-23-17-12-20(7,8)22-21-17/h9-11H,12-13H2,1-8H3. The van der Waals surface area contributed by atoms with Crippen LogP contribution < -0.4 is 0 Å². The van der Waals surface area contributed by atoms with Crippen molar-refractivity contribution in [2.24, 2.45) is 5.16 Å². The van der Waals surface area contributed by atoms with E-state index in [1.165, 1.54) is 16.7 Å². The Bertz CT molecular complexity index is 571. The molecule has 0 saturated heterocycles. The fourth-order valence-electron chi connectivity index (χ4n) is 2.49. The van der Waals surface area contributed by atoms with Crippen molar-refractivity contribution in [3.05, 3.63) is 34.9 Å². The molecule has 128 valence electrons. The summed E-state index contributed by atoms with van der Waals surface area (Å²) in [6.45, 7) is 17.9. The predicted octanol–water partition coefficient (Wildman–Crippen LogP) is 6.03. The molecule has 1 heterocycles. The van der Waals surface area contributed by atoms with Gasteiger partial charge in [-0.15, -0.1) is 11.8 Å². The third kappa shape index (κ3) is 5.00. The number of hydrogen-bond donors (Lipinski definition) is 0. The minimum atomic E-state index is -0.147. The lowest BCUT2D eigenvalue weighted by Gasteiger charge is -2.26. The van der Waals surface area contributed by atoms with Gasteiger partial charge in [0.05, 0.1) is 0 Å². The van der Waals surface area contributed by atoms with E-state index in [2.05, 4.69) is 78.7 Å². The average molecular weight is 334 g/mol. The fraction of sp³-hybridized carbons (Fsp3) is 0.650. The molecule has 0 amide bonds. The highest BCUT2D eigenvalue weighted by Crippen LogP contribution is 2.33. The highest BCUT2D eigenvalue weighted by atomic mass is 32.2. The van der Waals surface area contributed by atoms with Crippen molar-refractivity contribution in [3.8, 4) is 0 Å². The molecule has 23 heavy (non-hydrogen) atoms. The Morgan fingerprint density at radius 3 is 1.91 bits per heavy atom. The Hall–Kier alpha value is -0.960. The zero-order chi connectivity index (χ0) is 17.5. The molecule has 0 unspecified atom stereocenters. The Labute approximate surface area is 146 Å². The number of thioether (sulfide) groups is 1. The van der Waals surface area contributed by atoms with Crippen LogP contribution in [0.3, 0.4) is 0 Å². The molecule has 0 bridgehead atoms. The number of nitrogens with zero attached hydrogens (tertiary/aromatic N) is 1. The maximum atomic E-state index is 5.46. The van der Waals surface area contributed by atoms with E-state index in [0.717, 1.165) is 17.2 Å². The lowest BCUT2D eigenvalue weighted by atomic mass is 9.80. The molecule has 2 rings (SSSR count). The molecule has 0 aromatic heterocycles. The van der Waals surface area contributed by atoms with Crippen molar-refractivity contribution in [1.82, 2.24) is 0 Å². The molecule has 0 saturated carbocycles. The molecule has 3 heteroatoms. The van der Waals surface area contributed by atoms with E-state index in [9.17, 15) is 0 Å². The van der Waals surface area contributed by atoms with E-state index in [1.54, 1.807) is 11.8 Å². The number of benzene rings is 1. The molecule has 0 fully saturated rings. The zero-order valence-corrected chi connectivity index (χ0v) is 16.7. The first-order valence-corrected chi connectivity index (χ1v) is 9.38. The lowest BCUT2D eigenvalue weighted by Crippen LogP contribution is -2.18. The summed E-state index contributed by atoms with van der Waals surface area (Å²) in [6.07, 6.45) is 0.906. The molecule has 0 aliphatic carbocycles. The van der Waals surface area contributed by atoms with Crippen LogP contribution in [0, 0.1) is 0 Å². The van der Waals surface area contributed by atoms with Gasteiger partial charge in [-0.1, -0.05) is 64.9 Å². The number of hydrogen-bond acceptors (Lipinski definition) is 3. The minimum Gasteiger partial charge on any atom is -0.389 e. The number of oxime groups is 1. The number of rotatable bonds is 2. The van der Waals surface area contributed by atoms with Gasteiger partial charge in [0.1, 0.15) is 10.6 Å². The third-order valence-corrected chi connectivity index (χ3v) is 5.13. The molecule has 1 aliphatic heterocycles. The Morgan fingerprint density at radius 2 is 1.52 bits per heavy atom. The summed E-state index contributed by atoms with van der Waals surface area (Å²) >= 11 is 1.80. The molecule has 0 N–H and O–H groups in total. The van der Waals surface area contributed by atoms with E-state index in [0.29, 0.717) is 0 Å². The average Bonchev–Trinajstić information content (AvgIpc) is 2.74. The van der Waals surface area contributed by atoms with Crippen molar-refractivity contribution < 1.29 is 4.84 Å². The summed E-state index contributed by atoms with van der Waals surface area (Å²) in [4.78, 5) is 5.46. The quantitative estimate of drug-likeness (QED) is 0.659. The maximum Gasteiger partial charge on any atom is 0.138 e. The largest absolute Gasteiger partial charge is 0.389 e. The highest BCUT2D eigenvalue weighted by Gasteiger charge is 2.29. The second kappa shape index (κ2) is 6.16. The summed E-state index contributed by atoms with van der Waals surface area (Å²) in [5.74, 6) is 0.950. The van der Waals surface area contributed by atoms with Gasteiger partial charge >= 0.3 is 0 Å². The van der Waals surface area contributed by atoms with Crippen molar-refractivity contribution in [2.45, 2.75) is 84.0 Å². The van der Waals surface area contributed by atoms with Crippen LogP contribution in [0.4, 0.5) is 0 Å². The van der Waals surface area contributed by atoms with Gasteiger partial charge in [-0.3, -0.25) is 0 Å². The van der Waals surface area contributed by atoms with Crippen molar-refractivity contribution in [1.29, 1.82) is 0 Å². The van der Waals surface area contributed by atoms with Crippen LogP contribution in [0.2, 0.25) is 0 Å². The zero-order valence-electron chi connectivity index (χ0n) is 15.9. The fourth-order valence-corrected chi connectivity index (χ4v) is 3.53. The van der Waals surface area contributed by atoms with Gasteiger partial charge in [0, 0.05) is 12.2 Å². The first-order chi connectivity index (χ1) is 10.4. The van der Waals surface area contributed by atoms with Crippen molar-refractivity contribution >= 4 is 16.8 Å². The maximum absolute atomic E-state index is 5.46. The topological polar surface area (TPSA) is 21.6 Å². The smallest absolute Gasteiger partial charge is 0.138 e. The van der Waals surface area contributed by atoms with E-state index in [1.807, 2.05) is 0 Å². The second-order valence-corrected chi connectivity index (χ2v) is 10.3. The van der Waals surface area contributed by atoms with Crippen LogP contribution in [0.1, 0.15) is 78.5 Å². The first-order valence-electron chi connectivity index (χ1n) is 8.40. The van der Waals surface area contributed by atoms with Crippen molar-refractivity contribution in [3.63, 3.8) is 0 Å². The van der Waals surface area contributed by atoms with Gasteiger partial charge < -0.3 is 4.84 Å². The summed E-state index contributed by atoms with van der Waals surface area (Å²) < 4.78 is 0. The van der Waals surface area contributed by atoms with E-state index in [4.69, 9.17) is 4.84 Å². The van der Waals surface area contributed by atoms with E-state index >= 15 is 0 Å². The van der Waals surface area contributed by atoms with Crippen LogP contribution in [-0.4, -0.2) is 10.6 Å². The molecule has 1 aromatic rings. The van der Waals surface area contributed by atoms with Gasteiger partial charge in [0.2, 0.25) is 0 Å². The van der Waals surface area contributed by atoms with Gasteiger partial charge in [-0.05, 0) is 41.4 Å². The molecule has 1 aliphatic rings. The first kappa shape index (κ1) is 18.4. The normalized spacial score (nSPS) is 17.8. The predicted molar refractivity (Wildman–Crippen MR) is 102 cm³/mol. The molecular weight excluding hydrogens is 302 g/mol. The van der Waals surface area contributed by atoms with Crippen molar-refractivity contribution in [2.75, 3.05) is 0 Å². The Balaban J connectivity index is 2.21. The van der Waals surface area contributed by atoms with Crippen LogP contribution in [-0.2, 0) is 21.4 Å². The summed E-state index contributed by atoms with van der Waals surface area (Å²) in [7, 11) is 0. The van der Waals surface area contributed by atoms with Crippen LogP contribution >= 0.6 is 11.8 Å². The summed E-state index contributed by atoms with van der Waals surface area (Å²) in [5, 5.41) is 5.33. The summed E-state index contributed by atoms with van der Waals surface area (Å²) in [6, 6.07) is 7.07. The van der Waals surface area contributed by atoms with E-state index in [-0.39, 0.29) is 16.4 Å². The highest BCUT2D eigenvalue weighted by molar-refractivity contribution is 8.13. The van der Waals surface area contributed by atoms with Gasteiger partial charge in [0.15, 0.2) is 0 Å². The molecule has 0 radical (unpaired) electrons. The SMILES string of the molecule is CC1(C)CC(SCc2cc(C(C)(C)C)cc(C(C)(C)C)c2)=NO1. The molecule has 2 nitrogen and oxygen atoms in total. The van der Waals surface area contributed by atoms with Gasteiger partial charge in [-0.2, -0.15) is 0 Å². The van der Waals surface area contributed by atoms with Crippen LogP contribution in [0.25, 0.3) is 0 Å². The Morgan fingerprint density at radius 1 is 1.00 bits per heavy atom. The third-order valence-electron chi connectivity index (χ3n) is 4.10.